The van der Waals surface area contributed by atoms with Gasteiger partial charge in [0.15, 0.2) is 5.69 Å². The molecule has 1 N–H and O–H groups in total. The zero-order chi connectivity index (χ0) is 13.9. The third kappa shape index (κ3) is 2.50. The van der Waals surface area contributed by atoms with E-state index in [1.54, 1.807) is 6.20 Å². The van der Waals surface area contributed by atoms with Gasteiger partial charge in [0.2, 0.25) is 0 Å². The van der Waals surface area contributed by atoms with Gasteiger partial charge >= 0.3 is 5.97 Å². The van der Waals surface area contributed by atoms with Gasteiger partial charge in [-0.05, 0) is 19.3 Å². The summed E-state index contributed by atoms with van der Waals surface area (Å²) in [5.41, 5.74) is -0.314. The Morgan fingerprint density at radius 1 is 1.47 bits per heavy atom. The molecule has 2 rings (SSSR count). The van der Waals surface area contributed by atoms with Gasteiger partial charge < -0.3 is 10.0 Å². The highest BCUT2D eigenvalue weighted by Gasteiger charge is 2.40. The molecule has 0 aliphatic carbocycles. The lowest BCUT2D eigenvalue weighted by molar-refractivity contribution is -0.150. The fraction of sp³-hybridized carbons (Fsp3) is 0.538. The Morgan fingerprint density at radius 2 is 2.16 bits per heavy atom. The fourth-order valence-corrected chi connectivity index (χ4v) is 2.42. The molecule has 1 aliphatic rings. The van der Waals surface area contributed by atoms with E-state index in [0.717, 1.165) is 0 Å². The Kier molecular flexibility index (Phi) is 3.65. The molecular weight excluding hydrogens is 244 g/mol. The Balaban J connectivity index is 2.07. The maximum absolute atomic E-state index is 11.4. The number of carbonyl (C=O) groups is 1. The molecule has 1 fully saturated rings. The van der Waals surface area contributed by atoms with Crippen molar-refractivity contribution in [3.05, 3.63) is 18.1 Å². The Labute approximate surface area is 111 Å². The second-order valence-electron chi connectivity index (χ2n) is 4.80. The number of piperidine rings is 1. The van der Waals surface area contributed by atoms with Crippen LogP contribution in [0.3, 0.4) is 0 Å². The van der Waals surface area contributed by atoms with Crippen molar-refractivity contribution in [3.8, 4) is 6.07 Å². The molecule has 0 aromatic carbocycles. The summed E-state index contributed by atoms with van der Waals surface area (Å²) in [4.78, 5) is 21.5. The van der Waals surface area contributed by atoms with Gasteiger partial charge in [0.25, 0.3) is 0 Å². The number of nitrogens with zero attached hydrogens (tertiary/aromatic N) is 4. The highest BCUT2D eigenvalue weighted by atomic mass is 16.4. The van der Waals surface area contributed by atoms with E-state index in [2.05, 4.69) is 9.97 Å². The van der Waals surface area contributed by atoms with Crippen LogP contribution in [-0.2, 0) is 4.79 Å². The molecule has 0 spiro atoms. The number of carboxylic acid groups (broad SMARTS) is 1. The molecule has 19 heavy (non-hydrogen) atoms. The van der Waals surface area contributed by atoms with Crippen LogP contribution in [0, 0.1) is 16.7 Å². The fourth-order valence-electron chi connectivity index (χ4n) is 2.42. The summed E-state index contributed by atoms with van der Waals surface area (Å²) in [6, 6.07) is 1.92. The molecule has 1 aromatic heterocycles. The Bertz CT molecular complexity index is 498. The maximum atomic E-state index is 11.4. The number of hydrogen-bond acceptors (Lipinski definition) is 5. The Hall–Kier alpha value is -2.16. The van der Waals surface area contributed by atoms with Crippen LogP contribution in [0.1, 0.15) is 31.9 Å². The van der Waals surface area contributed by atoms with Crippen LogP contribution < -0.4 is 4.90 Å². The van der Waals surface area contributed by atoms with Crippen LogP contribution in [0.25, 0.3) is 0 Å². The number of hydrogen-bond donors (Lipinski definition) is 1. The third-order valence-corrected chi connectivity index (χ3v) is 3.93. The summed E-state index contributed by atoms with van der Waals surface area (Å²) in [6.07, 6.45) is 4.88. The van der Waals surface area contributed by atoms with Crippen LogP contribution in [0.2, 0.25) is 0 Å². The number of aliphatic carboxylic acids is 1. The van der Waals surface area contributed by atoms with Crippen molar-refractivity contribution in [1.29, 1.82) is 5.26 Å². The highest BCUT2D eigenvalue weighted by molar-refractivity contribution is 5.75. The Morgan fingerprint density at radius 3 is 2.58 bits per heavy atom. The molecule has 0 bridgehead atoms. The molecule has 0 unspecified atom stereocenters. The molecule has 1 saturated heterocycles. The van der Waals surface area contributed by atoms with E-state index < -0.39 is 11.4 Å². The summed E-state index contributed by atoms with van der Waals surface area (Å²) in [6.45, 7) is 3.23. The van der Waals surface area contributed by atoms with Gasteiger partial charge in [-0.15, -0.1) is 0 Å². The predicted octanol–water partition coefficient (Wildman–Crippen LogP) is 1.43. The van der Waals surface area contributed by atoms with Gasteiger partial charge in [-0.3, -0.25) is 4.79 Å². The zero-order valence-electron chi connectivity index (χ0n) is 10.8. The van der Waals surface area contributed by atoms with Crippen LogP contribution in [0.4, 0.5) is 5.82 Å². The number of aromatic nitrogens is 2. The maximum Gasteiger partial charge on any atom is 0.309 e. The first-order valence-corrected chi connectivity index (χ1v) is 6.32. The number of anilines is 1. The van der Waals surface area contributed by atoms with Gasteiger partial charge in [0, 0.05) is 13.1 Å². The van der Waals surface area contributed by atoms with Crippen LogP contribution in [0.15, 0.2) is 12.4 Å². The van der Waals surface area contributed by atoms with Crippen molar-refractivity contribution < 1.29 is 9.90 Å². The molecule has 0 atom stereocenters. The first-order chi connectivity index (χ1) is 9.11. The standard InChI is InChI=1S/C13H16N4O2/c1-2-13(12(18)19)3-5-17(6-4-13)11-9-15-10(7-14)8-16-11/h8-9H,2-6H2,1H3,(H,18,19). The lowest BCUT2D eigenvalue weighted by Gasteiger charge is -2.38. The zero-order valence-corrected chi connectivity index (χ0v) is 10.8. The minimum absolute atomic E-state index is 0.286. The van der Waals surface area contributed by atoms with Crippen LogP contribution in [-0.4, -0.2) is 34.1 Å². The van der Waals surface area contributed by atoms with Gasteiger partial charge in [-0.2, -0.15) is 5.26 Å². The molecule has 0 amide bonds. The van der Waals surface area contributed by atoms with E-state index in [9.17, 15) is 9.90 Å². The SMILES string of the molecule is CCC1(C(=O)O)CCN(c2cnc(C#N)cn2)CC1. The second-order valence-corrected chi connectivity index (χ2v) is 4.80. The summed E-state index contributed by atoms with van der Waals surface area (Å²) >= 11 is 0. The minimum Gasteiger partial charge on any atom is -0.481 e. The molecular formula is C13H16N4O2. The topological polar surface area (TPSA) is 90.1 Å². The summed E-state index contributed by atoms with van der Waals surface area (Å²) in [7, 11) is 0. The van der Waals surface area contributed by atoms with Gasteiger partial charge in [-0.1, -0.05) is 6.92 Å². The number of rotatable bonds is 3. The number of carboxylic acids is 1. The molecule has 1 aromatic rings. The lowest BCUT2D eigenvalue weighted by atomic mass is 9.76. The first kappa shape index (κ1) is 13.3. The smallest absolute Gasteiger partial charge is 0.309 e. The highest BCUT2D eigenvalue weighted by Crippen LogP contribution is 2.36. The molecule has 2 heterocycles. The second kappa shape index (κ2) is 5.22. The van der Waals surface area contributed by atoms with E-state index in [1.807, 2.05) is 17.9 Å². The van der Waals surface area contributed by atoms with Crippen molar-refractivity contribution >= 4 is 11.8 Å². The van der Waals surface area contributed by atoms with Crippen molar-refractivity contribution in [2.75, 3.05) is 18.0 Å². The van der Waals surface area contributed by atoms with Crippen molar-refractivity contribution in [3.63, 3.8) is 0 Å². The predicted molar refractivity (Wildman–Crippen MR) is 68.6 cm³/mol. The molecule has 6 heteroatoms. The molecule has 100 valence electrons. The largest absolute Gasteiger partial charge is 0.481 e. The van der Waals surface area contributed by atoms with E-state index in [0.29, 0.717) is 38.2 Å². The van der Waals surface area contributed by atoms with Gasteiger partial charge in [0.1, 0.15) is 11.9 Å². The number of nitriles is 1. The lowest BCUT2D eigenvalue weighted by Crippen LogP contribution is -2.44. The summed E-state index contributed by atoms with van der Waals surface area (Å²) in [5.74, 6) is -0.00495. The van der Waals surface area contributed by atoms with Crippen LogP contribution in [0.5, 0.6) is 0 Å². The van der Waals surface area contributed by atoms with Gasteiger partial charge in [-0.25, -0.2) is 9.97 Å². The van der Waals surface area contributed by atoms with E-state index in [4.69, 9.17) is 5.26 Å². The molecule has 0 saturated carbocycles. The van der Waals surface area contributed by atoms with Gasteiger partial charge in [0.05, 0.1) is 17.8 Å². The van der Waals surface area contributed by atoms with E-state index in [-0.39, 0.29) is 5.69 Å². The van der Waals surface area contributed by atoms with E-state index in [1.165, 1.54) is 6.20 Å². The summed E-state index contributed by atoms with van der Waals surface area (Å²) in [5, 5.41) is 18.0. The first-order valence-electron chi connectivity index (χ1n) is 6.32. The van der Waals surface area contributed by atoms with Crippen LogP contribution >= 0.6 is 0 Å². The molecule has 1 aliphatic heterocycles. The summed E-state index contributed by atoms with van der Waals surface area (Å²) < 4.78 is 0. The van der Waals surface area contributed by atoms with E-state index >= 15 is 0 Å². The third-order valence-electron chi connectivity index (χ3n) is 3.93. The molecule has 6 nitrogen and oxygen atoms in total. The molecule has 0 radical (unpaired) electrons. The minimum atomic E-state index is -0.708. The van der Waals surface area contributed by atoms with Crippen molar-refractivity contribution in [2.24, 2.45) is 5.41 Å². The average Bonchev–Trinajstić information content (AvgIpc) is 2.47. The average molecular weight is 260 g/mol. The quantitative estimate of drug-likeness (QED) is 0.884. The van der Waals surface area contributed by atoms with Crippen molar-refractivity contribution in [2.45, 2.75) is 26.2 Å². The van der Waals surface area contributed by atoms with Crippen molar-refractivity contribution in [1.82, 2.24) is 9.97 Å². The normalized spacial score (nSPS) is 17.8. The monoisotopic (exact) mass is 260 g/mol.